The first-order valence-electron chi connectivity index (χ1n) is 6.57. The third-order valence-corrected chi connectivity index (χ3v) is 4.57. The van der Waals surface area contributed by atoms with Crippen molar-refractivity contribution in [3.05, 3.63) is 70.9 Å². The van der Waals surface area contributed by atoms with E-state index < -0.39 is 5.54 Å². The Morgan fingerprint density at radius 2 is 1.90 bits per heavy atom. The van der Waals surface area contributed by atoms with E-state index in [4.69, 9.17) is 5.73 Å². The van der Waals surface area contributed by atoms with Gasteiger partial charge in [0.2, 0.25) is 0 Å². The second-order valence-corrected chi connectivity index (χ2v) is 6.25. The van der Waals surface area contributed by atoms with Gasteiger partial charge in [-0.15, -0.1) is 11.3 Å². The summed E-state index contributed by atoms with van der Waals surface area (Å²) in [6, 6.07) is 15.0. The normalized spacial score (nSPS) is 14.3. The van der Waals surface area contributed by atoms with Crippen LogP contribution < -0.4 is 5.73 Å². The van der Waals surface area contributed by atoms with Gasteiger partial charge in [0.15, 0.2) is 0 Å². The molecule has 3 aromatic rings. The van der Waals surface area contributed by atoms with Crippen molar-refractivity contribution in [1.82, 2.24) is 0 Å². The number of rotatable bonds is 3. The second kappa shape index (κ2) is 5.00. The van der Waals surface area contributed by atoms with Gasteiger partial charge in [-0.2, -0.15) is 0 Å². The molecule has 2 N–H and O–H groups in total. The molecule has 0 saturated carbocycles. The lowest BCUT2D eigenvalue weighted by Crippen LogP contribution is -2.35. The molecule has 2 aromatic carbocycles. The molecule has 1 heterocycles. The second-order valence-electron chi connectivity index (χ2n) is 5.33. The Bertz CT molecular complexity index is 745. The fourth-order valence-corrected chi connectivity index (χ4v) is 3.63. The van der Waals surface area contributed by atoms with Gasteiger partial charge in [0.25, 0.3) is 0 Å². The first kappa shape index (κ1) is 13.3. The van der Waals surface area contributed by atoms with Crippen molar-refractivity contribution >= 4 is 21.4 Å². The third-order valence-electron chi connectivity index (χ3n) is 3.61. The number of halogens is 1. The summed E-state index contributed by atoms with van der Waals surface area (Å²) in [5.41, 5.74) is 7.65. The summed E-state index contributed by atoms with van der Waals surface area (Å²) < 4.78 is 15.0. The molecule has 0 amide bonds. The molecule has 0 spiro atoms. The highest BCUT2D eigenvalue weighted by atomic mass is 32.1. The maximum Gasteiger partial charge on any atom is 0.126 e. The molecule has 0 aliphatic heterocycles. The average molecular weight is 285 g/mol. The Kier molecular flexibility index (Phi) is 3.32. The van der Waals surface area contributed by atoms with Crippen molar-refractivity contribution in [2.24, 2.45) is 5.73 Å². The van der Waals surface area contributed by atoms with Crippen LogP contribution in [0.4, 0.5) is 4.39 Å². The van der Waals surface area contributed by atoms with Gasteiger partial charge in [-0.25, -0.2) is 4.39 Å². The van der Waals surface area contributed by atoms with Crippen LogP contribution >= 0.6 is 11.3 Å². The molecule has 102 valence electrons. The van der Waals surface area contributed by atoms with Crippen LogP contribution in [-0.2, 0) is 12.0 Å². The topological polar surface area (TPSA) is 26.0 Å². The highest BCUT2D eigenvalue weighted by Crippen LogP contribution is 2.33. The summed E-state index contributed by atoms with van der Waals surface area (Å²) in [4.78, 5) is 0. The molecule has 0 bridgehead atoms. The van der Waals surface area contributed by atoms with Crippen molar-refractivity contribution in [3.8, 4) is 0 Å². The molecular formula is C17H16FNS. The van der Waals surface area contributed by atoms with Gasteiger partial charge in [-0.3, -0.25) is 0 Å². The predicted molar refractivity (Wildman–Crippen MR) is 83.5 cm³/mol. The molecule has 0 aliphatic rings. The van der Waals surface area contributed by atoms with E-state index in [1.165, 1.54) is 16.2 Å². The van der Waals surface area contributed by atoms with Gasteiger partial charge in [0.1, 0.15) is 5.82 Å². The van der Waals surface area contributed by atoms with E-state index >= 15 is 0 Å². The standard InChI is InChI=1S/C17H16FNS/c1-17(19,11-13-5-2-3-8-15(13)18)14-7-4-6-12-9-10-20-16(12)14/h2-10H,11,19H2,1H3. The van der Waals surface area contributed by atoms with Gasteiger partial charge in [-0.05, 0) is 47.4 Å². The van der Waals surface area contributed by atoms with Crippen LogP contribution in [0.1, 0.15) is 18.1 Å². The van der Waals surface area contributed by atoms with Crippen LogP contribution in [0.5, 0.6) is 0 Å². The molecule has 1 unspecified atom stereocenters. The number of hydrogen-bond donors (Lipinski definition) is 1. The lowest BCUT2D eigenvalue weighted by Gasteiger charge is -2.26. The Morgan fingerprint density at radius 3 is 2.70 bits per heavy atom. The third kappa shape index (κ3) is 2.35. The summed E-state index contributed by atoms with van der Waals surface area (Å²) >= 11 is 1.68. The molecule has 3 heteroatoms. The predicted octanol–water partition coefficient (Wildman–Crippen LogP) is 4.46. The molecular weight excluding hydrogens is 269 g/mol. The van der Waals surface area contributed by atoms with E-state index in [9.17, 15) is 4.39 Å². The Hall–Kier alpha value is -1.71. The highest BCUT2D eigenvalue weighted by molar-refractivity contribution is 7.17. The molecule has 1 aromatic heterocycles. The molecule has 0 radical (unpaired) electrons. The van der Waals surface area contributed by atoms with Gasteiger partial charge in [0.05, 0.1) is 0 Å². The lowest BCUT2D eigenvalue weighted by molar-refractivity contribution is 0.479. The van der Waals surface area contributed by atoms with Gasteiger partial charge in [-0.1, -0.05) is 36.4 Å². The molecule has 0 saturated heterocycles. The van der Waals surface area contributed by atoms with Crippen molar-refractivity contribution in [2.75, 3.05) is 0 Å². The number of nitrogens with two attached hydrogens (primary N) is 1. The molecule has 0 aliphatic carbocycles. The zero-order valence-electron chi connectivity index (χ0n) is 11.3. The number of benzene rings is 2. The van der Waals surface area contributed by atoms with Gasteiger partial charge in [0, 0.05) is 10.2 Å². The maximum atomic E-state index is 13.8. The minimum atomic E-state index is -0.591. The van der Waals surface area contributed by atoms with Gasteiger partial charge >= 0.3 is 0 Å². The average Bonchev–Trinajstić information content (AvgIpc) is 2.89. The Labute approximate surface area is 121 Å². The van der Waals surface area contributed by atoms with E-state index in [0.29, 0.717) is 12.0 Å². The van der Waals surface area contributed by atoms with Crippen LogP contribution in [0.2, 0.25) is 0 Å². The smallest absolute Gasteiger partial charge is 0.126 e. The zero-order valence-corrected chi connectivity index (χ0v) is 12.1. The first-order chi connectivity index (χ1) is 9.58. The van der Waals surface area contributed by atoms with Gasteiger partial charge < -0.3 is 5.73 Å². The quantitative estimate of drug-likeness (QED) is 0.755. The van der Waals surface area contributed by atoms with Crippen LogP contribution in [0.15, 0.2) is 53.9 Å². The minimum Gasteiger partial charge on any atom is -0.321 e. The molecule has 0 fully saturated rings. The van der Waals surface area contributed by atoms with E-state index in [1.54, 1.807) is 23.5 Å². The van der Waals surface area contributed by atoms with Crippen LogP contribution in [-0.4, -0.2) is 0 Å². The first-order valence-corrected chi connectivity index (χ1v) is 7.45. The lowest BCUT2D eigenvalue weighted by atomic mass is 9.86. The summed E-state index contributed by atoms with van der Waals surface area (Å²) in [7, 11) is 0. The summed E-state index contributed by atoms with van der Waals surface area (Å²) in [5.74, 6) is -0.192. The fraction of sp³-hybridized carbons (Fsp3) is 0.176. The molecule has 3 rings (SSSR count). The van der Waals surface area contributed by atoms with E-state index in [2.05, 4.69) is 17.5 Å². The van der Waals surface area contributed by atoms with Crippen molar-refractivity contribution in [2.45, 2.75) is 18.9 Å². The summed E-state index contributed by atoms with van der Waals surface area (Å²) in [6.07, 6.45) is 0.483. The number of fused-ring (bicyclic) bond motifs is 1. The van der Waals surface area contributed by atoms with Crippen molar-refractivity contribution in [1.29, 1.82) is 0 Å². The number of hydrogen-bond acceptors (Lipinski definition) is 2. The minimum absolute atomic E-state index is 0.192. The van der Waals surface area contributed by atoms with Crippen LogP contribution in [0, 0.1) is 5.82 Å². The van der Waals surface area contributed by atoms with E-state index in [1.807, 2.05) is 25.1 Å². The Balaban J connectivity index is 2.04. The van der Waals surface area contributed by atoms with Crippen LogP contribution in [0.3, 0.4) is 0 Å². The fourth-order valence-electron chi connectivity index (χ4n) is 2.58. The monoisotopic (exact) mass is 285 g/mol. The highest BCUT2D eigenvalue weighted by Gasteiger charge is 2.25. The summed E-state index contributed by atoms with van der Waals surface area (Å²) in [6.45, 7) is 1.97. The van der Waals surface area contributed by atoms with E-state index in [0.717, 1.165) is 5.56 Å². The molecule has 1 atom stereocenters. The Morgan fingerprint density at radius 1 is 1.10 bits per heavy atom. The molecule has 20 heavy (non-hydrogen) atoms. The molecule has 1 nitrogen and oxygen atoms in total. The van der Waals surface area contributed by atoms with Crippen LogP contribution in [0.25, 0.3) is 10.1 Å². The van der Waals surface area contributed by atoms with E-state index in [-0.39, 0.29) is 5.82 Å². The van der Waals surface area contributed by atoms with Crippen molar-refractivity contribution in [3.63, 3.8) is 0 Å². The maximum absolute atomic E-state index is 13.8. The largest absolute Gasteiger partial charge is 0.321 e. The zero-order chi connectivity index (χ0) is 14.2. The summed E-state index contributed by atoms with van der Waals surface area (Å²) in [5, 5.41) is 3.26. The number of thiophene rings is 1. The van der Waals surface area contributed by atoms with Crippen molar-refractivity contribution < 1.29 is 4.39 Å². The SMILES string of the molecule is CC(N)(Cc1ccccc1F)c1cccc2ccsc12.